The van der Waals surface area contributed by atoms with Crippen molar-refractivity contribution >= 4 is 61.7 Å². The second kappa shape index (κ2) is 23.0. The Labute approximate surface area is 621 Å². The van der Waals surface area contributed by atoms with Crippen LogP contribution in [0.5, 0.6) is 11.5 Å². The van der Waals surface area contributed by atoms with Gasteiger partial charge in [-0.15, -0.1) is 0 Å². The second-order valence-corrected chi connectivity index (χ2v) is 25.6. The molecule has 0 bridgehead atoms. The molecule has 16 rings (SSSR count). The third-order valence-corrected chi connectivity index (χ3v) is 20.7. The van der Waals surface area contributed by atoms with Gasteiger partial charge < -0.3 is 4.74 Å². The van der Waals surface area contributed by atoms with E-state index in [1.807, 2.05) is 0 Å². The van der Waals surface area contributed by atoms with Crippen molar-refractivity contribution in [3.8, 4) is 73.2 Å². The zero-order valence-corrected chi connectivity index (χ0v) is 49.5. The van der Waals surface area contributed by atoms with Gasteiger partial charge in [-0.3, -0.25) is 13.7 Å². The van der Waals surface area contributed by atoms with Gasteiger partial charge in [0.2, 0.25) is 0 Å². The van der Waals surface area contributed by atoms with E-state index < -0.39 is 341 Å². The Morgan fingerprint density at radius 2 is 1.12 bits per heavy atom. The number of ether oxygens (including phenoxy) is 1. The largest absolute Gasteiger partial charge is 0.458 e. The predicted molar refractivity (Wildman–Crippen MR) is 393 cm³/mol. The molecule has 0 fully saturated rings. The summed E-state index contributed by atoms with van der Waals surface area (Å²) in [5, 5.41) is -4.34. The molecule has 0 amide bonds. The molecule has 94 heavy (non-hydrogen) atoms. The molecule has 0 saturated heterocycles. The average Bonchev–Trinajstić information content (AvgIpc) is 1.51. The summed E-state index contributed by atoms with van der Waals surface area (Å²) in [5.74, 6) is -0.335. The summed E-state index contributed by atoms with van der Waals surface area (Å²) in [7, 11) is -7.21. The van der Waals surface area contributed by atoms with Crippen molar-refractivity contribution < 1.29 is 76.5 Å². The lowest BCUT2D eigenvalue weighted by Gasteiger charge is -2.37. The number of nitrogens with zero attached hydrogens (tertiary/aromatic N) is 4. The minimum absolute atomic E-state index is 0.0538. The number of hydrogen-bond donors (Lipinski definition) is 0. The maximum atomic E-state index is 11.0. The van der Waals surface area contributed by atoms with Gasteiger partial charge in [0.05, 0.1) is 71.8 Å². The molecule has 1 aliphatic carbocycles. The molecule has 454 valence electrons. The lowest BCUT2D eigenvalue weighted by atomic mass is 9.82. The maximum absolute atomic E-state index is 11.0. The van der Waals surface area contributed by atoms with E-state index >= 15 is 0 Å². The molecule has 0 aliphatic heterocycles. The number of pyridine rings is 1. The van der Waals surface area contributed by atoms with Crippen LogP contribution in [0.1, 0.15) is 129 Å². The number of aromatic nitrogens is 4. The van der Waals surface area contributed by atoms with Gasteiger partial charge in [0.15, 0.2) is 8.07 Å². The van der Waals surface area contributed by atoms with Crippen molar-refractivity contribution in [1.82, 2.24) is 14.1 Å². The third-order valence-electron chi connectivity index (χ3n) is 16.5. The van der Waals surface area contributed by atoms with Crippen molar-refractivity contribution in [3.63, 3.8) is 0 Å². The molecule has 12 aromatic carbocycles. The molecular weight excluding hydrogens is 1160 g/mol. The molecule has 3 heterocycles. The van der Waals surface area contributed by atoms with Crippen LogP contribution in [-0.2, 0) is 10.8 Å². The highest BCUT2D eigenvalue weighted by atomic mass is 28.3. The van der Waals surface area contributed by atoms with E-state index in [1.54, 1.807) is 30.3 Å². The molecule has 15 aromatic rings. The van der Waals surface area contributed by atoms with Gasteiger partial charge in [-0.25, -0.2) is 4.98 Å². The van der Waals surface area contributed by atoms with Crippen LogP contribution in [0.4, 0.5) is 0 Å². The monoisotopic (exact) mass is 1280 g/mol. The summed E-state index contributed by atoms with van der Waals surface area (Å²) in [4.78, 5) is 4.67. The summed E-state index contributed by atoms with van der Waals surface area (Å²) in [6.45, 7) is -26.5. The molecule has 6 heteroatoms. The van der Waals surface area contributed by atoms with Gasteiger partial charge in [-0.1, -0.05) is 257 Å². The van der Waals surface area contributed by atoms with Crippen molar-refractivity contribution in [2.24, 2.45) is 0 Å². The van der Waals surface area contributed by atoms with Crippen LogP contribution < -0.4 is 30.1 Å². The maximum Gasteiger partial charge on any atom is 0.269 e. The summed E-state index contributed by atoms with van der Waals surface area (Å²) >= 11 is 0. The van der Waals surface area contributed by atoms with Crippen LogP contribution in [0.15, 0.2) is 297 Å². The zero-order valence-electron chi connectivity index (χ0n) is 97.5. The van der Waals surface area contributed by atoms with Crippen molar-refractivity contribution in [1.29, 1.82) is 0 Å². The fourth-order valence-electron chi connectivity index (χ4n) is 12.5. The van der Waals surface area contributed by atoms with Crippen molar-refractivity contribution in [2.75, 3.05) is 0 Å². The molecular formula is C88H72N4OSi. The molecule has 0 N–H and O–H groups in total. The van der Waals surface area contributed by atoms with Crippen LogP contribution in [0, 0.1) is 26.9 Å². The predicted octanol–water partition coefficient (Wildman–Crippen LogP) is 18.9. The van der Waals surface area contributed by atoms with E-state index in [0.29, 0.717) is 28.4 Å². The first-order valence-electron chi connectivity index (χ1n) is 53.2. The molecule has 3 aromatic heterocycles. The molecule has 5 nitrogen and oxygen atoms in total. The topological polar surface area (TPSA) is 35.9 Å². The fourth-order valence-corrected chi connectivity index (χ4v) is 16.5. The Bertz CT molecular complexity index is 7660. The number of imidazole rings is 1. The van der Waals surface area contributed by atoms with Gasteiger partial charge >= 0.3 is 0 Å². The first-order chi connectivity index (χ1) is 66.1. The quantitative estimate of drug-likeness (QED) is 0.0499. The number of rotatable bonds is 13. The second-order valence-electron chi connectivity index (χ2n) is 22.1. The lowest BCUT2D eigenvalue weighted by molar-refractivity contribution is -0.570. The van der Waals surface area contributed by atoms with Gasteiger partial charge in [0.1, 0.15) is 17.3 Å². The van der Waals surface area contributed by atoms with Gasteiger partial charge in [-0.2, -0.15) is 0 Å². The van der Waals surface area contributed by atoms with Crippen molar-refractivity contribution in [3.05, 3.63) is 331 Å². The standard InChI is InChI=1S/C88H72N4OSi/c1-59-27-25-28-60(2)85(59)65-44-48-80-82(52-65)90(67-33-26-34-68(54-67)93-69-45-46-74-73-41-23-24-42-79(73)92(81(74)55-69)84-49-61(3)76(56-89-84)63-31-15-9-16-32-63)58-91(80)86-75(64-43-47-77-78(51-64)88(6,7)57-87(77,4)5)50-66(62-29-13-8-14-30-62)53-83(86)94(70-35-17-10-18-36-70,71-37-19-11-20-38-71)72-39-21-12-22-40-72/h8-56H,57H2,1-7H3/i1D3,2D3,3D3,4D3,5D3,6D3,7D3,8D,9D,10D,11D,12D,13D,14D,15D,16D,17D,18D,19D,20D,21D,22D,29D,30D,31D,32D,35D,36D,37D,38D,39D,40D,43D,47D,51D. The van der Waals surface area contributed by atoms with Crippen LogP contribution in [-0.4, -0.2) is 22.2 Å². The van der Waals surface area contributed by atoms with Gasteiger partial charge in [0.25, 0.3) is 6.33 Å². The first-order valence-corrected chi connectivity index (χ1v) is 30.7. The van der Waals surface area contributed by atoms with E-state index in [-0.39, 0.29) is 39.6 Å². The Balaban J connectivity index is 1.15. The fraction of sp³-hybridized carbons (Fsp3) is 0.114. The van der Waals surface area contributed by atoms with Gasteiger partial charge in [0, 0.05) is 57.4 Å². The average molecular weight is 1280 g/mol. The Morgan fingerprint density at radius 3 is 1.80 bits per heavy atom. The Kier molecular flexibility index (Phi) is 6.34. The molecule has 1 aliphatic rings. The molecule has 0 atom stereocenters. The molecule has 0 radical (unpaired) electrons. The zero-order chi connectivity index (χ0) is 106. The number of benzene rings is 12. The highest BCUT2D eigenvalue weighted by molar-refractivity contribution is 7.20. The molecule has 0 saturated carbocycles. The Hall–Kier alpha value is -10.9. The van der Waals surface area contributed by atoms with Crippen LogP contribution in [0.25, 0.3) is 94.5 Å². The summed E-state index contributed by atoms with van der Waals surface area (Å²) in [6.07, 6.45) is 2.10. The van der Waals surface area contributed by atoms with Crippen LogP contribution in [0.2, 0.25) is 0 Å². The van der Waals surface area contributed by atoms with E-state index in [1.165, 1.54) is 41.0 Å². The van der Waals surface area contributed by atoms with E-state index in [4.69, 9.17) is 25.3 Å². The Morgan fingerprint density at radius 1 is 0.489 bits per heavy atom. The third kappa shape index (κ3) is 9.82. The van der Waals surface area contributed by atoms with E-state index in [9.17, 15) is 46.6 Å². The summed E-state index contributed by atoms with van der Waals surface area (Å²) < 4.78 is 472. The molecule has 0 unspecified atom stereocenters. The number of aryl methyl sites for hydroxylation is 3. The molecule has 0 spiro atoms. The summed E-state index contributed by atoms with van der Waals surface area (Å²) in [6, 6.07) is -10.5. The first kappa shape index (κ1) is 25.9. The summed E-state index contributed by atoms with van der Waals surface area (Å²) in [5.41, 5.74) is -21.1. The number of para-hydroxylation sites is 1. The van der Waals surface area contributed by atoms with E-state index in [0.717, 1.165) is 57.8 Å². The van der Waals surface area contributed by atoms with E-state index in [2.05, 4.69) is 11.3 Å². The SMILES string of the molecule is [2H]c1c([2H])c([2H])c(-c2cc(-c3c([2H])c([2H])c4c(c3[2H])C(C([2H])([2H])[2H])(C([2H])([2H])[2H])CC4(C([2H])([2H])[2H])C([2H])([2H])[2H])c(-[n+]3[c-]n(-c4cccc(Oc5ccc6c7ccccc7n(-c7cc(C([2H])([2H])[2H])c(-c8c([2H])c([2H])c([2H])c([2H])c8[2H])cn7)c6c5)c4)c4cc(-c5c(C([2H])([2H])[2H])cccc5C([2H])([2H])[2H])ccc43)c([Si](c3c([2H])c([2H])c([2H])c([2H])c3[2H])(c3c([2H])c([2H])c([2H])c([2H])c3[2H])c3c([2H])c([2H])c([2H])c([2H])c3[2H])c2)c([2H])c1[2H]. The minimum Gasteiger partial charge on any atom is -0.458 e. The number of hydrogen-bond acceptors (Lipinski definition) is 2. The smallest absolute Gasteiger partial charge is 0.269 e. The normalized spacial score (nSPS) is 21.8. The van der Waals surface area contributed by atoms with Crippen molar-refractivity contribution in [2.45, 2.75) is 65.2 Å². The van der Waals surface area contributed by atoms with Gasteiger partial charge in [-0.05, 0) is 180 Å². The highest BCUT2D eigenvalue weighted by Gasteiger charge is 2.46. The minimum atomic E-state index is -7.21. The van der Waals surface area contributed by atoms with Crippen LogP contribution in [0.3, 0.4) is 0 Å². The lowest BCUT2D eigenvalue weighted by Crippen LogP contribution is -2.76. The van der Waals surface area contributed by atoms with Crippen LogP contribution >= 0.6 is 0 Å². The highest BCUT2D eigenvalue weighted by Crippen LogP contribution is 2.51. The number of fused-ring (bicyclic) bond motifs is 5.